The molecule has 0 radical (unpaired) electrons. The average molecular weight is 349 g/mol. The fraction of sp³-hybridized carbons (Fsp3) is 0.235. The molecule has 0 fully saturated rings. The Morgan fingerprint density at radius 3 is 2.70 bits per heavy atom. The molecular formula is C17H14Cl2N2O2. The van der Waals surface area contributed by atoms with E-state index in [1.807, 2.05) is 13.8 Å². The van der Waals surface area contributed by atoms with Gasteiger partial charge in [0, 0.05) is 10.1 Å². The number of carbonyl (C=O) groups is 1. The van der Waals surface area contributed by atoms with E-state index in [1.54, 1.807) is 36.4 Å². The van der Waals surface area contributed by atoms with Crippen LogP contribution in [0.2, 0.25) is 5.02 Å². The maximum absolute atomic E-state index is 12.3. The Morgan fingerprint density at radius 2 is 1.96 bits per heavy atom. The first-order valence-electron chi connectivity index (χ1n) is 7.17. The Hall–Kier alpha value is -1.91. The van der Waals surface area contributed by atoms with Crippen LogP contribution in [0.25, 0.3) is 0 Å². The van der Waals surface area contributed by atoms with Crippen LogP contribution in [0.3, 0.4) is 0 Å². The molecule has 118 valence electrons. The molecule has 1 atom stereocenters. The number of ether oxygens (including phenoxy) is 1. The van der Waals surface area contributed by atoms with E-state index < -0.39 is 5.92 Å². The molecule has 0 aromatic heterocycles. The molecule has 3 rings (SSSR count). The quantitative estimate of drug-likeness (QED) is 0.823. The maximum atomic E-state index is 12.3. The molecule has 0 saturated carbocycles. The summed E-state index contributed by atoms with van der Waals surface area (Å²) < 4.78 is 5.77. The summed E-state index contributed by atoms with van der Waals surface area (Å²) in [6, 6.07) is 5.18. The summed E-state index contributed by atoms with van der Waals surface area (Å²) in [5.41, 5.74) is 1.21. The Labute approximate surface area is 144 Å². The second-order valence-corrected chi connectivity index (χ2v) is 6.35. The Bertz CT molecular complexity index is 792. The van der Waals surface area contributed by atoms with Crippen molar-refractivity contribution in [1.29, 1.82) is 0 Å². The van der Waals surface area contributed by atoms with Gasteiger partial charge in [-0.2, -0.15) is 4.99 Å². The lowest BCUT2D eigenvalue weighted by atomic mass is 9.96. The minimum absolute atomic E-state index is 0.0217. The largest absolute Gasteiger partial charge is 0.490 e. The van der Waals surface area contributed by atoms with E-state index in [1.165, 1.54) is 0 Å². The van der Waals surface area contributed by atoms with Gasteiger partial charge in [0.2, 0.25) is 0 Å². The lowest BCUT2D eigenvalue weighted by Crippen LogP contribution is -2.28. The Kier molecular flexibility index (Phi) is 4.37. The van der Waals surface area contributed by atoms with Crippen LogP contribution in [0.4, 0.5) is 0 Å². The number of rotatable bonds is 3. The molecular weight excluding hydrogens is 335 g/mol. The molecule has 1 heterocycles. The molecule has 1 aliphatic heterocycles. The minimum Gasteiger partial charge on any atom is -0.490 e. The first kappa shape index (κ1) is 16.0. The molecule has 1 aromatic carbocycles. The van der Waals surface area contributed by atoms with Crippen LogP contribution in [0.1, 0.15) is 19.4 Å². The standard InChI is InChI=1S/C17H14Cl2N2O2/c1-9(2)23-15-6-4-11(19)8-13(15)16-20-14-5-3-10(18)7-12(14)17(22)21-16/h3-9,12H,1-2H3. The molecule has 23 heavy (non-hydrogen) atoms. The van der Waals surface area contributed by atoms with Crippen LogP contribution in [0, 0.1) is 5.92 Å². The zero-order chi connectivity index (χ0) is 16.6. The van der Waals surface area contributed by atoms with Gasteiger partial charge in [-0.05, 0) is 50.3 Å². The average Bonchev–Trinajstić information content (AvgIpc) is 2.49. The number of hydrogen-bond donors (Lipinski definition) is 0. The van der Waals surface area contributed by atoms with E-state index in [2.05, 4.69) is 9.98 Å². The van der Waals surface area contributed by atoms with Crippen molar-refractivity contribution in [2.45, 2.75) is 20.0 Å². The summed E-state index contributed by atoms with van der Waals surface area (Å²) in [6.07, 6.45) is 5.06. The molecule has 4 nitrogen and oxygen atoms in total. The molecule has 1 unspecified atom stereocenters. The number of fused-ring (bicyclic) bond motifs is 1. The topological polar surface area (TPSA) is 51.0 Å². The van der Waals surface area contributed by atoms with Crippen LogP contribution in [0.5, 0.6) is 5.75 Å². The van der Waals surface area contributed by atoms with Gasteiger partial charge < -0.3 is 4.74 Å². The fourth-order valence-electron chi connectivity index (χ4n) is 2.35. The normalized spacial score (nSPS) is 20.0. The highest BCUT2D eigenvalue weighted by Crippen LogP contribution is 2.29. The van der Waals surface area contributed by atoms with Gasteiger partial charge in [0.15, 0.2) is 5.84 Å². The minimum atomic E-state index is -0.523. The monoisotopic (exact) mass is 348 g/mol. The van der Waals surface area contributed by atoms with Crippen molar-refractivity contribution in [2.24, 2.45) is 15.9 Å². The van der Waals surface area contributed by atoms with E-state index in [9.17, 15) is 4.79 Å². The summed E-state index contributed by atoms with van der Waals surface area (Å²) in [4.78, 5) is 20.9. The van der Waals surface area contributed by atoms with Gasteiger partial charge in [-0.15, -0.1) is 0 Å². The van der Waals surface area contributed by atoms with Gasteiger partial charge in [0.25, 0.3) is 5.91 Å². The van der Waals surface area contributed by atoms with Gasteiger partial charge >= 0.3 is 0 Å². The number of amides is 1. The number of nitrogens with zero attached hydrogens (tertiary/aromatic N) is 2. The third-order valence-corrected chi connectivity index (χ3v) is 3.81. The van der Waals surface area contributed by atoms with E-state index in [4.69, 9.17) is 27.9 Å². The first-order chi connectivity index (χ1) is 10.9. The van der Waals surface area contributed by atoms with Crippen molar-refractivity contribution in [3.05, 3.63) is 52.0 Å². The predicted molar refractivity (Wildman–Crippen MR) is 92.8 cm³/mol. The Balaban J connectivity index is 2.05. The van der Waals surface area contributed by atoms with Gasteiger partial charge in [-0.1, -0.05) is 23.2 Å². The molecule has 0 bridgehead atoms. The number of benzene rings is 1. The highest BCUT2D eigenvalue weighted by Gasteiger charge is 2.29. The molecule has 0 spiro atoms. The fourth-order valence-corrected chi connectivity index (χ4v) is 2.71. The zero-order valence-corrected chi connectivity index (χ0v) is 14.1. The number of halogens is 2. The number of allylic oxidation sites excluding steroid dienone is 3. The lowest BCUT2D eigenvalue weighted by molar-refractivity contribution is -0.118. The smallest absolute Gasteiger partial charge is 0.260 e. The number of aliphatic imine (C=N–C) groups is 2. The summed E-state index contributed by atoms with van der Waals surface area (Å²) >= 11 is 12.0. The van der Waals surface area contributed by atoms with E-state index >= 15 is 0 Å². The van der Waals surface area contributed by atoms with E-state index in [-0.39, 0.29) is 12.0 Å². The van der Waals surface area contributed by atoms with Crippen molar-refractivity contribution in [3.63, 3.8) is 0 Å². The third-order valence-electron chi connectivity index (χ3n) is 3.32. The van der Waals surface area contributed by atoms with Gasteiger partial charge in [-0.3, -0.25) is 4.79 Å². The number of hydrogen-bond acceptors (Lipinski definition) is 3. The zero-order valence-electron chi connectivity index (χ0n) is 12.6. The molecule has 2 aliphatic rings. The summed E-state index contributed by atoms with van der Waals surface area (Å²) in [7, 11) is 0. The van der Waals surface area contributed by atoms with Crippen LogP contribution >= 0.6 is 23.2 Å². The lowest BCUT2D eigenvalue weighted by Gasteiger charge is -2.20. The van der Waals surface area contributed by atoms with E-state index in [0.29, 0.717) is 32.9 Å². The van der Waals surface area contributed by atoms with Crippen molar-refractivity contribution >= 4 is 40.7 Å². The van der Waals surface area contributed by atoms with Gasteiger partial charge in [-0.25, -0.2) is 4.99 Å². The van der Waals surface area contributed by atoms with Crippen molar-refractivity contribution < 1.29 is 9.53 Å². The summed E-state index contributed by atoms with van der Waals surface area (Å²) in [5.74, 6) is 0.0652. The van der Waals surface area contributed by atoms with Gasteiger partial charge in [0.1, 0.15) is 11.7 Å². The first-order valence-corrected chi connectivity index (χ1v) is 7.93. The third kappa shape index (κ3) is 3.38. The van der Waals surface area contributed by atoms with Crippen molar-refractivity contribution in [2.75, 3.05) is 0 Å². The molecule has 6 heteroatoms. The van der Waals surface area contributed by atoms with Crippen LogP contribution in [0.15, 0.2) is 51.4 Å². The summed E-state index contributed by atoms with van der Waals surface area (Å²) in [6.45, 7) is 3.84. The highest BCUT2D eigenvalue weighted by molar-refractivity contribution is 6.34. The maximum Gasteiger partial charge on any atom is 0.260 e. The van der Waals surface area contributed by atoms with E-state index in [0.717, 1.165) is 0 Å². The number of amidine groups is 1. The van der Waals surface area contributed by atoms with Crippen LogP contribution in [-0.4, -0.2) is 23.6 Å². The van der Waals surface area contributed by atoms with Crippen LogP contribution < -0.4 is 4.74 Å². The molecule has 0 N–H and O–H groups in total. The second-order valence-electron chi connectivity index (χ2n) is 5.48. The van der Waals surface area contributed by atoms with Crippen LogP contribution in [-0.2, 0) is 4.79 Å². The predicted octanol–water partition coefficient (Wildman–Crippen LogP) is 4.16. The molecule has 1 amide bonds. The number of carbonyl (C=O) groups excluding carboxylic acids is 1. The van der Waals surface area contributed by atoms with Crippen molar-refractivity contribution in [3.8, 4) is 5.75 Å². The highest BCUT2D eigenvalue weighted by atomic mass is 35.5. The molecule has 1 aliphatic carbocycles. The Morgan fingerprint density at radius 1 is 1.17 bits per heavy atom. The second kappa shape index (κ2) is 6.30. The summed E-state index contributed by atoms with van der Waals surface area (Å²) in [5, 5.41) is 1.03. The SMILES string of the molecule is CC(C)Oc1ccc(Cl)cc1C1=NC(=O)C2C=C(Cl)C=CC2=N1. The van der Waals surface area contributed by atoms with Crippen molar-refractivity contribution in [1.82, 2.24) is 0 Å². The van der Waals surface area contributed by atoms with Gasteiger partial charge in [0.05, 0.1) is 17.4 Å². The molecule has 0 saturated heterocycles. The molecule has 1 aromatic rings.